The second kappa shape index (κ2) is 7.83. The number of ether oxygens (including phenoxy) is 1. The van der Waals surface area contributed by atoms with Crippen molar-refractivity contribution >= 4 is 17.6 Å². The van der Waals surface area contributed by atoms with Crippen LogP contribution in [-0.2, 0) is 14.3 Å². The third-order valence-electron chi connectivity index (χ3n) is 4.32. The van der Waals surface area contributed by atoms with E-state index in [1.807, 2.05) is 48.5 Å². The zero-order valence-electron chi connectivity index (χ0n) is 14.3. The number of carbonyl (C=O) groups excluding carboxylic acids is 2. The van der Waals surface area contributed by atoms with Gasteiger partial charge in [0, 0.05) is 44.4 Å². The molecule has 1 saturated heterocycles. The van der Waals surface area contributed by atoms with E-state index in [1.54, 1.807) is 4.90 Å². The molecule has 1 fully saturated rings. The van der Waals surface area contributed by atoms with Gasteiger partial charge in [0.2, 0.25) is 6.10 Å². The van der Waals surface area contributed by atoms with E-state index in [4.69, 9.17) is 4.74 Å². The lowest BCUT2D eigenvalue weighted by Gasteiger charge is -2.37. The maximum Gasteiger partial charge on any atom is 0.303 e. The van der Waals surface area contributed by atoms with Crippen molar-refractivity contribution in [3.05, 3.63) is 66.2 Å². The first-order valence-corrected chi connectivity index (χ1v) is 8.46. The van der Waals surface area contributed by atoms with Crippen LogP contribution < -0.4 is 4.90 Å². The summed E-state index contributed by atoms with van der Waals surface area (Å²) in [5.74, 6) is -0.612. The van der Waals surface area contributed by atoms with Crippen LogP contribution in [0.15, 0.2) is 60.7 Å². The molecule has 2 aromatic rings. The molecule has 0 unspecified atom stereocenters. The predicted octanol–water partition coefficient (Wildman–Crippen LogP) is 2.64. The smallest absolute Gasteiger partial charge is 0.303 e. The Morgan fingerprint density at radius 2 is 1.44 bits per heavy atom. The molecular weight excluding hydrogens is 316 g/mol. The molecule has 2 aromatic carbocycles. The van der Waals surface area contributed by atoms with Gasteiger partial charge in [-0.2, -0.15) is 0 Å². The minimum Gasteiger partial charge on any atom is -0.447 e. The van der Waals surface area contributed by atoms with Crippen molar-refractivity contribution in [2.45, 2.75) is 13.0 Å². The van der Waals surface area contributed by atoms with Gasteiger partial charge in [-0.1, -0.05) is 48.5 Å². The first-order valence-electron chi connectivity index (χ1n) is 8.46. The Morgan fingerprint density at radius 1 is 0.880 bits per heavy atom. The van der Waals surface area contributed by atoms with Gasteiger partial charge in [0.1, 0.15) is 0 Å². The molecule has 0 N–H and O–H groups in total. The van der Waals surface area contributed by atoms with Crippen LogP contribution >= 0.6 is 0 Å². The Hall–Kier alpha value is -2.82. The Labute approximate surface area is 147 Å². The van der Waals surface area contributed by atoms with Crippen LogP contribution in [-0.4, -0.2) is 43.0 Å². The lowest BCUT2D eigenvalue weighted by Crippen LogP contribution is -2.50. The highest BCUT2D eigenvalue weighted by molar-refractivity contribution is 5.85. The molecule has 1 amide bonds. The molecule has 0 bridgehead atoms. The number of hydrogen-bond acceptors (Lipinski definition) is 4. The summed E-state index contributed by atoms with van der Waals surface area (Å²) in [6, 6.07) is 19.3. The van der Waals surface area contributed by atoms with Gasteiger partial charge in [-0.05, 0) is 12.1 Å². The van der Waals surface area contributed by atoms with Crippen LogP contribution in [0.25, 0.3) is 0 Å². The van der Waals surface area contributed by atoms with Crippen LogP contribution in [0, 0.1) is 0 Å². The summed E-state index contributed by atoms with van der Waals surface area (Å²) in [5.41, 5.74) is 1.86. The molecule has 1 atom stereocenters. The second-order valence-corrected chi connectivity index (χ2v) is 6.05. The summed E-state index contributed by atoms with van der Waals surface area (Å²) >= 11 is 0. The van der Waals surface area contributed by atoms with Crippen molar-refractivity contribution < 1.29 is 14.3 Å². The fraction of sp³-hybridized carbons (Fsp3) is 0.300. The van der Waals surface area contributed by atoms with E-state index in [0.29, 0.717) is 18.7 Å². The van der Waals surface area contributed by atoms with Crippen molar-refractivity contribution in [3.63, 3.8) is 0 Å². The molecule has 1 aliphatic rings. The lowest BCUT2D eigenvalue weighted by molar-refractivity contribution is -0.159. The van der Waals surface area contributed by atoms with E-state index in [2.05, 4.69) is 17.0 Å². The van der Waals surface area contributed by atoms with Crippen molar-refractivity contribution in [2.24, 2.45) is 0 Å². The van der Waals surface area contributed by atoms with Gasteiger partial charge in [-0.3, -0.25) is 9.59 Å². The normalized spacial score (nSPS) is 15.6. The molecule has 5 nitrogen and oxygen atoms in total. The first-order chi connectivity index (χ1) is 12.1. The third-order valence-corrected chi connectivity index (χ3v) is 4.32. The number of esters is 1. The molecule has 0 aliphatic carbocycles. The number of anilines is 1. The van der Waals surface area contributed by atoms with Crippen molar-refractivity contribution in [1.29, 1.82) is 0 Å². The van der Waals surface area contributed by atoms with E-state index in [0.717, 1.165) is 18.8 Å². The lowest BCUT2D eigenvalue weighted by atomic mass is 10.1. The van der Waals surface area contributed by atoms with E-state index in [1.165, 1.54) is 6.92 Å². The highest BCUT2D eigenvalue weighted by Crippen LogP contribution is 2.22. The molecule has 0 radical (unpaired) electrons. The van der Waals surface area contributed by atoms with Crippen LogP contribution in [0.4, 0.5) is 5.69 Å². The van der Waals surface area contributed by atoms with Crippen LogP contribution in [0.1, 0.15) is 18.6 Å². The fourth-order valence-corrected chi connectivity index (χ4v) is 3.04. The van der Waals surface area contributed by atoms with E-state index in [-0.39, 0.29) is 5.91 Å². The topological polar surface area (TPSA) is 49.9 Å². The van der Waals surface area contributed by atoms with Gasteiger partial charge in [0.15, 0.2) is 0 Å². The van der Waals surface area contributed by atoms with Gasteiger partial charge in [-0.15, -0.1) is 0 Å². The minimum atomic E-state index is -0.873. The largest absolute Gasteiger partial charge is 0.447 e. The number of carbonyl (C=O) groups is 2. The molecule has 3 rings (SSSR count). The van der Waals surface area contributed by atoms with Crippen molar-refractivity contribution in [1.82, 2.24) is 4.90 Å². The maximum absolute atomic E-state index is 12.9. The van der Waals surface area contributed by atoms with Gasteiger partial charge >= 0.3 is 5.97 Å². The Morgan fingerprint density at radius 3 is 2.00 bits per heavy atom. The second-order valence-electron chi connectivity index (χ2n) is 6.05. The maximum atomic E-state index is 12.9. The molecule has 5 heteroatoms. The molecule has 0 saturated carbocycles. The van der Waals surface area contributed by atoms with E-state index < -0.39 is 12.1 Å². The van der Waals surface area contributed by atoms with Crippen LogP contribution in [0.5, 0.6) is 0 Å². The third kappa shape index (κ3) is 4.18. The summed E-state index contributed by atoms with van der Waals surface area (Å²) in [7, 11) is 0. The number of hydrogen-bond donors (Lipinski definition) is 0. The predicted molar refractivity (Wildman–Crippen MR) is 96.2 cm³/mol. The van der Waals surface area contributed by atoms with E-state index >= 15 is 0 Å². The zero-order valence-corrected chi connectivity index (χ0v) is 14.3. The number of para-hydroxylation sites is 1. The minimum absolute atomic E-state index is 0.158. The summed E-state index contributed by atoms with van der Waals surface area (Å²) in [5, 5.41) is 0. The molecular formula is C20H22N2O3. The van der Waals surface area contributed by atoms with Crippen molar-refractivity contribution in [2.75, 3.05) is 31.1 Å². The number of amides is 1. The standard InChI is InChI=1S/C20H22N2O3/c1-16(23)25-19(17-8-4-2-5-9-17)20(24)22-14-12-21(13-15-22)18-10-6-3-7-11-18/h2-11,19H,12-15H2,1H3/t19-/m1/s1. The number of rotatable bonds is 4. The van der Waals surface area contributed by atoms with Gasteiger partial charge in [0.05, 0.1) is 0 Å². The molecule has 130 valence electrons. The number of nitrogens with zero attached hydrogens (tertiary/aromatic N) is 2. The average Bonchev–Trinajstić information content (AvgIpc) is 2.67. The molecule has 25 heavy (non-hydrogen) atoms. The summed E-state index contributed by atoms with van der Waals surface area (Å²) in [6.07, 6.45) is -0.873. The van der Waals surface area contributed by atoms with Gasteiger partial charge < -0.3 is 14.5 Å². The highest BCUT2D eigenvalue weighted by Gasteiger charge is 2.30. The quantitative estimate of drug-likeness (QED) is 0.804. The Balaban J connectivity index is 1.68. The monoisotopic (exact) mass is 338 g/mol. The van der Waals surface area contributed by atoms with E-state index in [9.17, 15) is 9.59 Å². The van der Waals surface area contributed by atoms with Gasteiger partial charge in [0.25, 0.3) is 5.91 Å². The van der Waals surface area contributed by atoms with Crippen molar-refractivity contribution in [3.8, 4) is 0 Å². The number of piperazine rings is 1. The Kier molecular flexibility index (Phi) is 5.33. The molecule has 0 spiro atoms. The van der Waals surface area contributed by atoms with Gasteiger partial charge in [-0.25, -0.2) is 0 Å². The molecule has 1 aliphatic heterocycles. The molecule has 0 aromatic heterocycles. The summed E-state index contributed by atoms with van der Waals surface area (Å²) < 4.78 is 5.32. The number of benzene rings is 2. The fourth-order valence-electron chi connectivity index (χ4n) is 3.04. The summed E-state index contributed by atoms with van der Waals surface area (Å²) in [6.45, 7) is 4.07. The molecule has 1 heterocycles. The zero-order chi connectivity index (χ0) is 17.6. The van der Waals surface area contributed by atoms with Crippen LogP contribution in [0.2, 0.25) is 0 Å². The average molecular weight is 338 g/mol. The first kappa shape index (κ1) is 17.0. The Bertz CT molecular complexity index is 710. The SMILES string of the molecule is CC(=O)O[C@@H](C(=O)N1CCN(c2ccccc2)CC1)c1ccccc1. The highest BCUT2D eigenvalue weighted by atomic mass is 16.5. The summed E-state index contributed by atoms with van der Waals surface area (Å²) in [4.78, 5) is 28.4. The van der Waals surface area contributed by atoms with Crippen LogP contribution in [0.3, 0.4) is 0 Å².